The number of nitrogens with zero attached hydrogens (tertiary/aromatic N) is 2. The van der Waals surface area contributed by atoms with Gasteiger partial charge in [0, 0.05) is 31.9 Å². The fraction of sp³-hybridized carbons (Fsp3) is 0.350. The number of hydrogen-bond donors (Lipinski definition) is 1. The molecule has 2 aromatic carbocycles. The summed E-state index contributed by atoms with van der Waals surface area (Å²) in [6, 6.07) is 12.4. The Kier molecular flexibility index (Phi) is 6.27. The lowest BCUT2D eigenvalue weighted by Crippen LogP contribution is -2.51. The number of piperazine rings is 1. The predicted molar refractivity (Wildman–Crippen MR) is 111 cm³/mol. The van der Waals surface area contributed by atoms with Crippen molar-refractivity contribution in [3.8, 4) is 0 Å². The molecule has 1 N–H and O–H groups in total. The van der Waals surface area contributed by atoms with Gasteiger partial charge in [0.15, 0.2) is 0 Å². The highest BCUT2D eigenvalue weighted by Crippen LogP contribution is 2.25. The molecule has 8 heteroatoms. The second kappa shape index (κ2) is 8.51. The minimum absolute atomic E-state index is 0.0440. The number of nitrogens with one attached hydrogen (secondary N) is 1. The Balaban J connectivity index is 1.59. The predicted octanol–water partition coefficient (Wildman–Crippen LogP) is 2.90. The van der Waals surface area contributed by atoms with E-state index in [1.165, 1.54) is 10.4 Å². The highest BCUT2D eigenvalue weighted by Gasteiger charge is 2.31. The Morgan fingerprint density at radius 3 is 2.21 bits per heavy atom. The standard InChI is InChI=1S/C20H24ClN3O3S/c1-15-6-5-7-16(2)20(15)22-14-19(25)23-10-12-24(13-11-23)28(26,27)18-9-4-3-8-17(18)21/h3-9,22H,10-14H2,1-2H3. The van der Waals surface area contributed by atoms with Gasteiger partial charge in [-0.3, -0.25) is 4.79 Å². The van der Waals surface area contributed by atoms with Crippen LogP contribution in [0, 0.1) is 13.8 Å². The van der Waals surface area contributed by atoms with Gasteiger partial charge in [-0.15, -0.1) is 0 Å². The zero-order chi connectivity index (χ0) is 20.3. The molecule has 0 unspecified atom stereocenters. The van der Waals surface area contributed by atoms with E-state index in [2.05, 4.69) is 5.32 Å². The summed E-state index contributed by atoms with van der Waals surface area (Å²) in [4.78, 5) is 14.3. The van der Waals surface area contributed by atoms with Crippen LogP contribution in [0.4, 0.5) is 5.69 Å². The number of halogens is 1. The summed E-state index contributed by atoms with van der Waals surface area (Å²) in [5.41, 5.74) is 3.14. The van der Waals surface area contributed by atoms with Gasteiger partial charge in [0.25, 0.3) is 0 Å². The molecule has 0 radical (unpaired) electrons. The summed E-state index contributed by atoms with van der Waals surface area (Å²) in [7, 11) is -3.66. The third-order valence-corrected chi connectivity index (χ3v) is 7.34. The Morgan fingerprint density at radius 2 is 1.61 bits per heavy atom. The molecule has 1 aliphatic heterocycles. The fourth-order valence-corrected chi connectivity index (χ4v) is 5.26. The number of para-hydroxylation sites is 1. The highest BCUT2D eigenvalue weighted by atomic mass is 35.5. The molecule has 0 atom stereocenters. The Labute approximate surface area is 171 Å². The normalized spacial score (nSPS) is 15.5. The van der Waals surface area contributed by atoms with Crippen LogP contribution in [0.1, 0.15) is 11.1 Å². The first-order valence-electron chi connectivity index (χ1n) is 9.13. The van der Waals surface area contributed by atoms with Crippen molar-refractivity contribution in [3.05, 3.63) is 58.6 Å². The van der Waals surface area contributed by atoms with Crippen LogP contribution in [0.15, 0.2) is 47.4 Å². The molecule has 0 spiro atoms. The van der Waals surface area contributed by atoms with Gasteiger partial charge < -0.3 is 10.2 Å². The smallest absolute Gasteiger partial charge is 0.244 e. The zero-order valence-corrected chi connectivity index (χ0v) is 17.6. The number of aryl methyl sites for hydroxylation is 2. The number of carbonyl (C=O) groups excluding carboxylic acids is 1. The molecule has 0 aromatic heterocycles. The first-order valence-corrected chi connectivity index (χ1v) is 10.9. The van der Waals surface area contributed by atoms with Crippen LogP contribution in [0.2, 0.25) is 5.02 Å². The van der Waals surface area contributed by atoms with E-state index >= 15 is 0 Å². The second-order valence-electron chi connectivity index (χ2n) is 6.84. The van der Waals surface area contributed by atoms with Crippen molar-refractivity contribution in [2.75, 3.05) is 38.0 Å². The maximum atomic E-state index is 12.8. The molecule has 0 bridgehead atoms. The van der Waals surface area contributed by atoms with Gasteiger partial charge in [0.2, 0.25) is 15.9 Å². The summed E-state index contributed by atoms with van der Waals surface area (Å²) in [6.45, 7) is 5.40. The van der Waals surface area contributed by atoms with E-state index in [0.717, 1.165) is 16.8 Å². The molecule has 1 saturated heterocycles. The van der Waals surface area contributed by atoms with Gasteiger partial charge in [0.1, 0.15) is 4.90 Å². The number of amides is 1. The SMILES string of the molecule is Cc1cccc(C)c1NCC(=O)N1CCN(S(=O)(=O)c2ccccc2Cl)CC1. The molecule has 3 rings (SSSR count). The molecule has 0 aliphatic carbocycles. The molecule has 0 saturated carbocycles. The number of carbonyl (C=O) groups is 1. The lowest BCUT2D eigenvalue weighted by molar-refractivity contribution is -0.130. The lowest BCUT2D eigenvalue weighted by atomic mass is 10.1. The Morgan fingerprint density at radius 1 is 1.00 bits per heavy atom. The van der Waals surface area contributed by atoms with Gasteiger partial charge in [-0.05, 0) is 37.1 Å². The minimum atomic E-state index is -3.66. The zero-order valence-electron chi connectivity index (χ0n) is 16.0. The molecule has 2 aromatic rings. The van der Waals surface area contributed by atoms with Crippen molar-refractivity contribution in [1.82, 2.24) is 9.21 Å². The summed E-state index contributed by atoms with van der Waals surface area (Å²) in [5, 5.41) is 3.42. The molecular formula is C20H24ClN3O3S. The van der Waals surface area contributed by atoms with Gasteiger partial charge >= 0.3 is 0 Å². The van der Waals surface area contributed by atoms with Crippen LogP contribution in [-0.2, 0) is 14.8 Å². The summed E-state index contributed by atoms with van der Waals surface area (Å²) < 4.78 is 27.0. The molecule has 1 aliphatic rings. The van der Waals surface area contributed by atoms with Crippen molar-refractivity contribution in [3.63, 3.8) is 0 Å². The van der Waals surface area contributed by atoms with Crippen LogP contribution in [-0.4, -0.2) is 56.3 Å². The number of hydrogen-bond acceptors (Lipinski definition) is 4. The molecule has 150 valence electrons. The number of anilines is 1. The number of benzene rings is 2. The van der Waals surface area contributed by atoms with Crippen molar-refractivity contribution >= 4 is 33.2 Å². The summed E-state index contributed by atoms with van der Waals surface area (Å²) in [5.74, 6) is -0.0440. The van der Waals surface area contributed by atoms with E-state index in [0.29, 0.717) is 13.1 Å². The fourth-order valence-electron chi connectivity index (χ4n) is 3.34. The van der Waals surface area contributed by atoms with E-state index in [-0.39, 0.29) is 35.5 Å². The monoisotopic (exact) mass is 421 g/mol. The summed E-state index contributed by atoms with van der Waals surface area (Å²) in [6.07, 6.45) is 0. The average molecular weight is 422 g/mol. The maximum Gasteiger partial charge on any atom is 0.244 e. The maximum absolute atomic E-state index is 12.8. The third kappa shape index (κ3) is 4.32. The van der Waals surface area contributed by atoms with Crippen LogP contribution < -0.4 is 5.32 Å². The van der Waals surface area contributed by atoms with E-state index in [9.17, 15) is 13.2 Å². The van der Waals surface area contributed by atoms with E-state index in [4.69, 9.17) is 11.6 Å². The van der Waals surface area contributed by atoms with Crippen molar-refractivity contribution in [2.45, 2.75) is 18.7 Å². The average Bonchev–Trinajstić information content (AvgIpc) is 2.67. The number of sulfonamides is 1. The quantitative estimate of drug-likeness (QED) is 0.805. The minimum Gasteiger partial charge on any atom is -0.376 e. The van der Waals surface area contributed by atoms with Gasteiger partial charge in [-0.25, -0.2) is 8.42 Å². The van der Waals surface area contributed by atoms with Crippen LogP contribution in [0.25, 0.3) is 0 Å². The number of rotatable bonds is 5. The van der Waals surface area contributed by atoms with Crippen molar-refractivity contribution in [1.29, 1.82) is 0 Å². The van der Waals surface area contributed by atoms with Crippen LogP contribution >= 0.6 is 11.6 Å². The van der Waals surface area contributed by atoms with E-state index < -0.39 is 10.0 Å². The van der Waals surface area contributed by atoms with Gasteiger partial charge in [-0.1, -0.05) is 41.9 Å². The second-order valence-corrected chi connectivity index (χ2v) is 9.15. The van der Waals surface area contributed by atoms with Gasteiger partial charge in [-0.2, -0.15) is 4.31 Å². The summed E-state index contributed by atoms with van der Waals surface area (Å²) >= 11 is 6.05. The van der Waals surface area contributed by atoms with E-state index in [1.54, 1.807) is 23.1 Å². The van der Waals surface area contributed by atoms with Crippen molar-refractivity contribution < 1.29 is 13.2 Å². The topological polar surface area (TPSA) is 69.7 Å². The lowest BCUT2D eigenvalue weighted by Gasteiger charge is -2.34. The van der Waals surface area contributed by atoms with Crippen molar-refractivity contribution in [2.24, 2.45) is 0 Å². The largest absolute Gasteiger partial charge is 0.376 e. The Hall–Kier alpha value is -2.09. The van der Waals surface area contributed by atoms with Crippen LogP contribution in [0.3, 0.4) is 0 Å². The molecule has 1 fully saturated rings. The molecular weight excluding hydrogens is 398 g/mol. The first kappa shape index (κ1) is 20.6. The molecule has 6 nitrogen and oxygen atoms in total. The molecule has 1 heterocycles. The van der Waals surface area contributed by atoms with Crippen LogP contribution in [0.5, 0.6) is 0 Å². The third-order valence-electron chi connectivity index (χ3n) is 4.94. The first-order chi connectivity index (χ1) is 13.3. The Bertz CT molecular complexity index is 950. The highest BCUT2D eigenvalue weighted by molar-refractivity contribution is 7.89. The molecule has 1 amide bonds. The van der Waals surface area contributed by atoms with Gasteiger partial charge in [0.05, 0.1) is 11.6 Å². The molecule has 28 heavy (non-hydrogen) atoms. The van der Waals surface area contributed by atoms with E-state index in [1.807, 2.05) is 32.0 Å².